The lowest BCUT2D eigenvalue weighted by Crippen LogP contribution is -2.44. The van der Waals surface area contributed by atoms with Crippen molar-refractivity contribution in [2.45, 2.75) is 63.6 Å². The molecule has 1 amide bonds. The fourth-order valence-corrected chi connectivity index (χ4v) is 4.26. The van der Waals surface area contributed by atoms with Gasteiger partial charge in [0.15, 0.2) is 0 Å². The molecule has 2 heterocycles. The van der Waals surface area contributed by atoms with Crippen molar-refractivity contribution in [1.29, 1.82) is 0 Å². The molecule has 1 aromatic rings. The Morgan fingerprint density at radius 3 is 2.42 bits per heavy atom. The summed E-state index contributed by atoms with van der Waals surface area (Å²) in [5.74, 6) is 0.616. The Labute approximate surface area is 160 Å². The fourth-order valence-electron chi connectivity index (χ4n) is 3.96. The van der Waals surface area contributed by atoms with Crippen LogP contribution >= 0.6 is 35.6 Å². The normalized spacial score (nSPS) is 25.9. The molecular weight excluding hydrogens is 367 g/mol. The summed E-state index contributed by atoms with van der Waals surface area (Å²) in [4.78, 5) is 12.5. The summed E-state index contributed by atoms with van der Waals surface area (Å²) in [6, 6.07) is 6.76. The second-order valence-corrected chi connectivity index (χ2v) is 8.30. The third kappa shape index (κ3) is 4.57. The maximum absolute atomic E-state index is 12.5. The predicted octanol–water partition coefficient (Wildman–Crippen LogP) is 4.69. The SMILES string of the molecule is CC(C)(NC(=O)CC1CC2CCC(C1)N2)c1ccc(Cl)c(Cl)c1.Cl. The topological polar surface area (TPSA) is 41.1 Å². The zero-order valence-corrected chi connectivity index (χ0v) is 16.4. The van der Waals surface area contributed by atoms with Gasteiger partial charge in [0.25, 0.3) is 0 Å². The molecule has 2 aliphatic heterocycles. The van der Waals surface area contributed by atoms with Gasteiger partial charge in [-0.15, -0.1) is 12.4 Å². The quantitative estimate of drug-likeness (QED) is 0.782. The van der Waals surface area contributed by atoms with Gasteiger partial charge in [0.1, 0.15) is 0 Å². The average molecular weight is 392 g/mol. The number of halogens is 3. The first kappa shape index (κ1) is 19.8. The number of fused-ring (bicyclic) bond motifs is 2. The van der Waals surface area contributed by atoms with Crippen molar-refractivity contribution in [1.82, 2.24) is 10.6 Å². The Balaban J connectivity index is 0.00000208. The molecule has 2 unspecified atom stereocenters. The van der Waals surface area contributed by atoms with Crippen molar-refractivity contribution >= 4 is 41.5 Å². The second kappa shape index (κ2) is 7.82. The van der Waals surface area contributed by atoms with E-state index in [4.69, 9.17) is 23.2 Å². The largest absolute Gasteiger partial charge is 0.347 e. The van der Waals surface area contributed by atoms with Crippen LogP contribution < -0.4 is 10.6 Å². The monoisotopic (exact) mass is 390 g/mol. The molecule has 2 saturated heterocycles. The van der Waals surface area contributed by atoms with Gasteiger partial charge in [-0.2, -0.15) is 0 Å². The number of nitrogens with one attached hydrogen (secondary N) is 2. The molecule has 0 aromatic heterocycles. The summed E-state index contributed by atoms with van der Waals surface area (Å²) in [6.07, 6.45) is 5.38. The molecule has 134 valence electrons. The van der Waals surface area contributed by atoms with E-state index in [0.29, 0.717) is 34.5 Å². The number of carbonyl (C=O) groups excluding carboxylic acids is 1. The molecule has 0 aliphatic carbocycles. The van der Waals surface area contributed by atoms with Crippen LogP contribution in [0.25, 0.3) is 0 Å². The van der Waals surface area contributed by atoms with Crippen LogP contribution in [-0.2, 0) is 10.3 Å². The van der Waals surface area contributed by atoms with Crippen molar-refractivity contribution in [3.63, 3.8) is 0 Å². The molecule has 2 aliphatic rings. The molecule has 1 aromatic carbocycles. The molecule has 2 bridgehead atoms. The smallest absolute Gasteiger partial charge is 0.220 e. The molecule has 6 heteroatoms. The van der Waals surface area contributed by atoms with Gasteiger partial charge in [0.05, 0.1) is 15.6 Å². The van der Waals surface area contributed by atoms with Gasteiger partial charge in [-0.3, -0.25) is 4.79 Å². The van der Waals surface area contributed by atoms with Crippen LogP contribution in [0.2, 0.25) is 10.0 Å². The van der Waals surface area contributed by atoms with Crippen molar-refractivity contribution in [2.24, 2.45) is 5.92 Å². The highest BCUT2D eigenvalue weighted by Crippen LogP contribution is 2.33. The fraction of sp³-hybridized carbons (Fsp3) is 0.611. The van der Waals surface area contributed by atoms with E-state index in [2.05, 4.69) is 10.6 Å². The highest BCUT2D eigenvalue weighted by molar-refractivity contribution is 6.42. The lowest BCUT2D eigenvalue weighted by Gasteiger charge is -2.31. The number of hydrogen-bond acceptors (Lipinski definition) is 2. The van der Waals surface area contributed by atoms with E-state index in [1.807, 2.05) is 26.0 Å². The molecule has 0 radical (unpaired) electrons. The van der Waals surface area contributed by atoms with Crippen molar-refractivity contribution in [3.8, 4) is 0 Å². The van der Waals surface area contributed by atoms with E-state index in [0.717, 1.165) is 18.4 Å². The van der Waals surface area contributed by atoms with Crippen LogP contribution in [0.15, 0.2) is 18.2 Å². The zero-order valence-electron chi connectivity index (χ0n) is 14.1. The number of carbonyl (C=O) groups is 1. The molecular formula is C18H25Cl3N2O. The van der Waals surface area contributed by atoms with Crippen LogP contribution in [0, 0.1) is 5.92 Å². The van der Waals surface area contributed by atoms with Gasteiger partial charge >= 0.3 is 0 Å². The zero-order chi connectivity index (χ0) is 16.6. The van der Waals surface area contributed by atoms with Crippen LogP contribution in [0.1, 0.15) is 51.5 Å². The van der Waals surface area contributed by atoms with E-state index in [-0.39, 0.29) is 18.3 Å². The van der Waals surface area contributed by atoms with E-state index >= 15 is 0 Å². The van der Waals surface area contributed by atoms with Gasteiger partial charge in [-0.1, -0.05) is 29.3 Å². The summed E-state index contributed by atoms with van der Waals surface area (Å²) < 4.78 is 0. The molecule has 3 nitrogen and oxygen atoms in total. The van der Waals surface area contributed by atoms with Crippen LogP contribution in [0.5, 0.6) is 0 Å². The predicted molar refractivity (Wildman–Crippen MR) is 102 cm³/mol. The summed E-state index contributed by atoms with van der Waals surface area (Å²) in [5.41, 5.74) is 0.502. The molecule has 24 heavy (non-hydrogen) atoms. The van der Waals surface area contributed by atoms with Crippen molar-refractivity contribution in [3.05, 3.63) is 33.8 Å². The maximum atomic E-state index is 12.5. The minimum Gasteiger partial charge on any atom is -0.347 e. The van der Waals surface area contributed by atoms with Gasteiger partial charge in [0, 0.05) is 18.5 Å². The molecule has 2 fully saturated rings. The standard InChI is InChI=1S/C18H24Cl2N2O.ClH/c1-18(2,12-3-6-15(19)16(20)10-12)22-17(23)9-11-7-13-4-5-14(8-11)21-13;/h3,6,10-11,13-14,21H,4-5,7-9H2,1-2H3,(H,22,23);1H. The second-order valence-electron chi connectivity index (χ2n) is 7.48. The van der Waals surface area contributed by atoms with Gasteiger partial charge in [-0.05, 0) is 63.1 Å². The van der Waals surface area contributed by atoms with Crippen molar-refractivity contribution in [2.75, 3.05) is 0 Å². The molecule has 3 rings (SSSR count). The Bertz CT molecular complexity index is 594. The first-order chi connectivity index (χ1) is 10.8. The Morgan fingerprint density at radius 1 is 1.21 bits per heavy atom. The van der Waals surface area contributed by atoms with Gasteiger partial charge in [0.2, 0.25) is 5.91 Å². The number of rotatable bonds is 4. The minimum atomic E-state index is -0.461. The van der Waals surface area contributed by atoms with E-state index in [9.17, 15) is 4.79 Å². The highest BCUT2D eigenvalue weighted by Gasteiger charge is 2.35. The first-order valence-corrected chi connectivity index (χ1v) is 9.11. The van der Waals surface area contributed by atoms with Crippen molar-refractivity contribution < 1.29 is 4.79 Å². The molecule has 0 saturated carbocycles. The highest BCUT2D eigenvalue weighted by atomic mass is 35.5. The van der Waals surface area contributed by atoms with E-state index in [1.165, 1.54) is 12.8 Å². The minimum absolute atomic E-state index is 0. The Morgan fingerprint density at radius 2 is 1.83 bits per heavy atom. The van der Waals surface area contributed by atoms with Crippen LogP contribution in [0.4, 0.5) is 0 Å². The molecule has 2 atom stereocenters. The maximum Gasteiger partial charge on any atom is 0.220 e. The summed E-state index contributed by atoms with van der Waals surface area (Å²) in [6.45, 7) is 3.99. The lowest BCUT2D eigenvalue weighted by molar-refractivity contribution is -0.124. The lowest BCUT2D eigenvalue weighted by atomic mass is 9.88. The number of piperidine rings is 1. The third-order valence-corrected chi connectivity index (χ3v) is 5.88. The number of hydrogen-bond donors (Lipinski definition) is 2. The third-order valence-electron chi connectivity index (χ3n) is 5.14. The molecule has 2 N–H and O–H groups in total. The van der Waals surface area contributed by atoms with Crippen LogP contribution in [-0.4, -0.2) is 18.0 Å². The number of benzene rings is 1. The first-order valence-electron chi connectivity index (χ1n) is 8.36. The Hall–Kier alpha value is -0.480. The van der Waals surface area contributed by atoms with Gasteiger partial charge < -0.3 is 10.6 Å². The molecule has 0 spiro atoms. The Kier molecular flexibility index (Phi) is 6.46. The summed E-state index contributed by atoms with van der Waals surface area (Å²) in [5, 5.41) is 7.82. The summed E-state index contributed by atoms with van der Waals surface area (Å²) in [7, 11) is 0. The van der Waals surface area contributed by atoms with E-state index < -0.39 is 5.54 Å². The summed E-state index contributed by atoms with van der Waals surface area (Å²) >= 11 is 12.1. The van der Waals surface area contributed by atoms with E-state index in [1.54, 1.807) is 6.07 Å². The number of amides is 1. The van der Waals surface area contributed by atoms with Crippen LogP contribution in [0.3, 0.4) is 0 Å². The average Bonchev–Trinajstić information content (AvgIpc) is 2.80. The van der Waals surface area contributed by atoms with Gasteiger partial charge in [-0.25, -0.2) is 0 Å².